The van der Waals surface area contributed by atoms with Crippen molar-refractivity contribution in [2.75, 3.05) is 47.4 Å². The number of hydrogen-bond donors (Lipinski definition) is 2. The van der Waals surface area contributed by atoms with E-state index in [2.05, 4.69) is 22.5 Å². The van der Waals surface area contributed by atoms with Crippen molar-refractivity contribution >= 4 is 11.9 Å². The van der Waals surface area contributed by atoms with Crippen molar-refractivity contribution in [2.45, 2.75) is 64.7 Å². The van der Waals surface area contributed by atoms with Crippen LogP contribution in [0, 0.1) is 10.8 Å². The van der Waals surface area contributed by atoms with Gasteiger partial charge in [0.2, 0.25) is 5.91 Å². The van der Waals surface area contributed by atoms with Crippen LogP contribution in [0.15, 0.2) is 4.99 Å². The summed E-state index contributed by atoms with van der Waals surface area (Å²) in [6.45, 7) is 5.27. The first kappa shape index (κ1) is 22.0. The SMILES string of the molecule is CCOCCC1(CNC(=NC)NCC2(C(=O)N(C)C)CCCC2)CCCC1. The van der Waals surface area contributed by atoms with Gasteiger partial charge in [-0.2, -0.15) is 0 Å². The van der Waals surface area contributed by atoms with E-state index in [4.69, 9.17) is 4.74 Å². The molecule has 0 saturated heterocycles. The van der Waals surface area contributed by atoms with Crippen molar-refractivity contribution in [1.29, 1.82) is 0 Å². The van der Waals surface area contributed by atoms with E-state index in [9.17, 15) is 4.79 Å². The Labute approximate surface area is 165 Å². The Balaban J connectivity index is 1.90. The van der Waals surface area contributed by atoms with Crippen LogP contribution in [-0.2, 0) is 9.53 Å². The number of carbonyl (C=O) groups is 1. The minimum atomic E-state index is -0.277. The number of guanidine groups is 1. The van der Waals surface area contributed by atoms with Crippen molar-refractivity contribution in [1.82, 2.24) is 15.5 Å². The average Bonchev–Trinajstić information content (AvgIpc) is 3.32. The van der Waals surface area contributed by atoms with Crippen molar-refractivity contribution in [2.24, 2.45) is 15.8 Å². The summed E-state index contributed by atoms with van der Waals surface area (Å²) in [5, 5.41) is 7.00. The Morgan fingerprint density at radius 2 is 1.63 bits per heavy atom. The maximum atomic E-state index is 12.7. The summed E-state index contributed by atoms with van der Waals surface area (Å²) < 4.78 is 5.61. The van der Waals surface area contributed by atoms with Crippen LogP contribution in [0.3, 0.4) is 0 Å². The largest absolute Gasteiger partial charge is 0.382 e. The lowest BCUT2D eigenvalue weighted by molar-refractivity contribution is -0.138. The van der Waals surface area contributed by atoms with Crippen LogP contribution in [0.5, 0.6) is 0 Å². The summed E-state index contributed by atoms with van der Waals surface area (Å²) in [5.74, 6) is 1.06. The van der Waals surface area contributed by atoms with Gasteiger partial charge in [-0.15, -0.1) is 0 Å². The van der Waals surface area contributed by atoms with Gasteiger partial charge in [-0.3, -0.25) is 9.79 Å². The highest BCUT2D eigenvalue weighted by atomic mass is 16.5. The third kappa shape index (κ3) is 5.84. The Hall–Kier alpha value is -1.30. The molecule has 2 aliphatic rings. The molecule has 1 amide bonds. The summed E-state index contributed by atoms with van der Waals surface area (Å²) in [6, 6.07) is 0. The minimum Gasteiger partial charge on any atom is -0.382 e. The van der Waals surface area contributed by atoms with Gasteiger partial charge in [0.1, 0.15) is 0 Å². The topological polar surface area (TPSA) is 66.0 Å². The van der Waals surface area contributed by atoms with Gasteiger partial charge in [0.15, 0.2) is 5.96 Å². The highest BCUT2D eigenvalue weighted by Gasteiger charge is 2.42. The van der Waals surface area contributed by atoms with Gasteiger partial charge in [-0.1, -0.05) is 25.7 Å². The maximum absolute atomic E-state index is 12.7. The minimum absolute atomic E-state index is 0.243. The van der Waals surface area contributed by atoms with Crippen molar-refractivity contribution < 1.29 is 9.53 Å². The molecule has 0 unspecified atom stereocenters. The lowest BCUT2D eigenvalue weighted by Crippen LogP contribution is -2.50. The van der Waals surface area contributed by atoms with Crippen molar-refractivity contribution in [3.05, 3.63) is 0 Å². The number of carbonyl (C=O) groups excluding carboxylic acids is 1. The fourth-order valence-electron chi connectivity index (χ4n) is 4.81. The second-order valence-corrected chi connectivity index (χ2v) is 8.62. The molecule has 2 aliphatic carbocycles. The summed E-state index contributed by atoms with van der Waals surface area (Å²) in [7, 11) is 5.53. The van der Waals surface area contributed by atoms with Crippen molar-refractivity contribution in [3.8, 4) is 0 Å². The van der Waals surface area contributed by atoms with E-state index < -0.39 is 0 Å². The summed E-state index contributed by atoms with van der Waals surface area (Å²) in [5.41, 5.74) is 0.0401. The van der Waals surface area contributed by atoms with Gasteiger partial charge in [0.25, 0.3) is 0 Å². The molecule has 0 spiro atoms. The molecule has 2 N–H and O–H groups in total. The predicted molar refractivity (Wildman–Crippen MR) is 111 cm³/mol. The molecule has 0 bridgehead atoms. The van der Waals surface area contributed by atoms with E-state index >= 15 is 0 Å². The fourth-order valence-corrected chi connectivity index (χ4v) is 4.81. The smallest absolute Gasteiger partial charge is 0.230 e. The molecule has 0 radical (unpaired) electrons. The number of aliphatic imine (C=N–C) groups is 1. The Kier molecular flexibility index (Phi) is 8.39. The quantitative estimate of drug-likeness (QED) is 0.367. The summed E-state index contributed by atoms with van der Waals surface area (Å²) >= 11 is 0. The number of nitrogens with one attached hydrogen (secondary N) is 2. The van der Waals surface area contributed by atoms with E-state index in [1.807, 2.05) is 21.1 Å². The molecule has 2 fully saturated rings. The molecule has 0 aromatic rings. The first-order valence-corrected chi connectivity index (χ1v) is 10.7. The molecular weight excluding hydrogens is 340 g/mol. The third-order valence-corrected chi connectivity index (χ3v) is 6.51. The van der Waals surface area contributed by atoms with Crippen LogP contribution in [-0.4, -0.2) is 64.2 Å². The average molecular weight is 381 g/mol. The second kappa shape index (κ2) is 10.3. The lowest BCUT2D eigenvalue weighted by Gasteiger charge is -2.33. The second-order valence-electron chi connectivity index (χ2n) is 8.62. The molecular formula is C21H40N4O2. The number of hydrogen-bond acceptors (Lipinski definition) is 3. The predicted octanol–water partition coefficient (Wildman–Crippen LogP) is 2.79. The van der Waals surface area contributed by atoms with Gasteiger partial charge in [0, 0.05) is 47.4 Å². The van der Waals surface area contributed by atoms with Gasteiger partial charge < -0.3 is 20.3 Å². The molecule has 27 heavy (non-hydrogen) atoms. The first-order chi connectivity index (χ1) is 13.0. The number of nitrogens with zero attached hydrogens (tertiary/aromatic N) is 2. The highest BCUT2D eigenvalue weighted by Crippen LogP contribution is 2.41. The first-order valence-electron chi connectivity index (χ1n) is 10.7. The van der Waals surface area contributed by atoms with Gasteiger partial charge >= 0.3 is 0 Å². The van der Waals surface area contributed by atoms with Crippen LogP contribution in [0.2, 0.25) is 0 Å². The van der Waals surface area contributed by atoms with Crippen LogP contribution >= 0.6 is 0 Å². The third-order valence-electron chi connectivity index (χ3n) is 6.51. The zero-order valence-corrected chi connectivity index (χ0v) is 17.9. The summed E-state index contributed by atoms with van der Waals surface area (Å²) in [4.78, 5) is 18.9. The van der Waals surface area contributed by atoms with Crippen LogP contribution in [0.4, 0.5) is 0 Å². The van der Waals surface area contributed by atoms with E-state index in [1.54, 1.807) is 4.90 Å². The van der Waals surface area contributed by atoms with E-state index in [0.717, 1.165) is 57.8 Å². The molecule has 6 heteroatoms. The molecule has 0 aromatic carbocycles. The highest BCUT2D eigenvalue weighted by molar-refractivity contribution is 5.85. The van der Waals surface area contributed by atoms with Gasteiger partial charge in [0.05, 0.1) is 5.41 Å². The fraction of sp³-hybridized carbons (Fsp3) is 0.905. The molecule has 0 aromatic heterocycles. The van der Waals surface area contributed by atoms with Crippen molar-refractivity contribution in [3.63, 3.8) is 0 Å². The lowest BCUT2D eigenvalue weighted by atomic mass is 9.83. The molecule has 2 saturated carbocycles. The Morgan fingerprint density at radius 3 is 2.19 bits per heavy atom. The molecule has 0 aliphatic heterocycles. The van der Waals surface area contributed by atoms with Gasteiger partial charge in [-0.05, 0) is 44.4 Å². The molecule has 0 atom stereocenters. The summed E-state index contributed by atoms with van der Waals surface area (Å²) in [6.07, 6.45) is 10.4. The van der Waals surface area contributed by atoms with Crippen LogP contribution in [0.25, 0.3) is 0 Å². The number of ether oxygens (including phenoxy) is 1. The Morgan fingerprint density at radius 1 is 1.04 bits per heavy atom. The number of amides is 1. The van der Waals surface area contributed by atoms with E-state index in [0.29, 0.717) is 12.0 Å². The Bertz CT molecular complexity index is 492. The molecule has 6 nitrogen and oxygen atoms in total. The van der Waals surface area contributed by atoms with Crippen LogP contribution < -0.4 is 10.6 Å². The normalized spacial score (nSPS) is 21.3. The molecule has 156 valence electrons. The van der Waals surface area contributed by atoms with Gasteiger partial charge in [-0.25, -0.2) is 0 Å². The van der Waals surface area contributed by atoms with E-state index in [-0.39, 0.29) is 11.3 Å². The number of rotatable bonds is 9. The standard InChI is InChI=1S/C21H40N4O2/c1-5-27-15-14-20(10-6-7-11-20)16-23-19(22-2)24-17-21(12-8-9-13-21)18(26)25(3)4/h5-17H2,1-4H3,(H2,22,23,24). The monoisotopic (exact) mass is 380 g/mol. The molecule has 2 rings (SSSR count). The van der Waals surface area contributed by atoms with Crippen LogP contribution in [0.1, 0.15) is 64.7 Å². The maximum Gasteiger partial charge on any atom is 0.230 e. The molecule has 0 heterocycles. The van der Waals surface area contributed by atoms with E-state index in [1.165, 1.54) is 25.7 Å². The zero-order valence-electron chi connectivity index (χ0n) is 17.9. The zero-order chi connectivity index (χ0) is 19.8.